The molecule has 0 aromatic heterocycles. The first-order chi connectivity index (χ1) is 26.6. The Morgan fingerprint density at radius 3 is 1.72 bits per heavy atom. The summed E-state index contributed by atoms with van der Waals surface area (Å²) in [5.74, 6) is 0. The van der Waals surface area contributed by atoms with Gasteiger partial charge in [0.2, 0.25) is 0 Å². The Morgan fingerprint density at radius 1 is 0.444 bits per heavy atom. The standard InChI is InChI=1S/C53H41N/c1-39(41-18-6-3-7-19-41)36-47(43-20-8-4-9-21-43)37-40(2)42-32-34-49(35-33-42)54(48-26-10-5-11-27-48)53-31-15-14-29-52(53)46-25-16-24-45(38-46)51-30-17-23-44-22-12-13-28-50(44)51/h3-38H,2H2,1H3/b39-36+,47-37+. The second kappa shape index (κ2) is 15.7. The molecule has 0 N–H and O–H groups in total. The first-order valence-electron chi connectivity index (χ1n) is 18.5. The molecule has 0 heterocycles. The van der Waals surface area contributed by atoms with Crippen molar-refractivity contribution in [2.45, 2.75) is 6.92 Å². The summed E-state index contributed by atoms with van der Waals surface area (Å²) in [6, 6.07) is 73.2. The van der Waals surface area contributed by atoms with E-state index in [1.807, 2.05) is 0 Å². The Balaban J connectivity index is 1.17. The van der Waals surface area contributed by atoms with Gasteiger partial charge in [0.05, 0.1) is 5.69 Å². The van der Waals surface area contributed by atoms with E-state index in [-0.39, 0.29) is 0 Å². The van der Waals surface area contributed by atoms with Crippen molar-refractivity contribution >= 4 is 44.6 Å². The van der Waals surface area contributed by atoms with Crippen LogP contribution in [0, 0.1) is 0 Å². The molecule has 0 bridgehead atoms. The average molecular weight is 692 g/mol. The zero-order valence-electron chi connectivity index (χ0n) is 30.4. The maximum atomic E-state index is 4.55. The fourth-order valence-electron chi connectivity index (χ4n) is 7.20. The fourth-order valence-corrected chi connectivity index (χ4v) is 7.20. The van der Waals surface area contributed by atoms with E-state index in [0.29, 0.717) is 0 Å². The van der Waals surface area contributed by atoms with Gasteiger partial charge in [-0.2, -0.15) is 0 Å². The van der Waals surface area contributed by atoms with Crippen molar-refractivity contribution in [3.8, 4) is 22.3 Å². The van der Waals surface area contributed by atoms with Gasteiger partial charge in [0, 0.05) is 16.9 Å². The first kappa shape index (κ1) is 34.1. The lowest BCUT2D eigenvalue weighted by molar-refractivity contribution is 1.28. The molecule has 0 radical (unpaired) electrons. The lowest BCUT2D eigenvalue weighted by Crippen LogP contribution is -2.11. The molecule has 0 unspecified atom stereocenters. The molecule has 258 valence electrons. The molecular formula is C53H41N. The zero-order valence-corrected chi connectivity index (χ0v) is 30.4. The molecule has 8 aromatic carbocycles. The number of nitrogens with zero attached hydrogens (tertiary/aromatic N) is 1. The quantitative estimate of drug-likeness (QED) is 0.129. The maximum absolute atomic E-state index is 4.55. The minimum atomic E-state index is 0.953. The maximum Gasteiger partial charge on any atom is 0.0540 e. The Bertz CT molecular complexity index is 2590. The van der Waals surface area contributed by atoms with E-state index < -0.39 is 0 Å². The van der Waals surface area contributed by atoms with Crippen LogP contribution in [0.4, 0.5) is 17.1 Å². The number of hydrogen-bond acceptors (Lipinski definition) is 1. The van der Waals surface area contributed by atoms with Gasteiger partial charge in [-0.1, -0.05) is 183 Å². The van der Waals surface area contributed by atoms with E-state index >= 15 is 0 Å². The highest BCUT2D eigenvalue weighted by molar-refractivity contribution is 5.98. The van der Waals surface area contributed by atoms with Gasteiger partial charge in [-0.15, -0.1) is 0 Å². The molecule has 0 amide bonds. The van der Waals surface area contributed by atoms with Crippen LogP contribution in [0.5, 0.6) is 0 Å². The largest absolute Gasteiger partial charge is 0.310 e. The van der Waals surface area contributed by atoms with E-state index in [1.165, 1.54) is 38.6 Å². The molecule has 8 aromatic rings. The van der Waals surface area contributed by atoms with Crippen LogP contribution < -0.4 is 4.90 Å². The van der Waals surface area contributed by atoms with Gasteiger partial charge in [-0.25, -0.2) is 0 Å². The van der Waals surface area contributed by atoms with E-state index in [9.17, 15) is 0 Å². The SMILES string of the molecule is C=C(/C=C(\C=C(/C)c1ccccc1)c1ccccc1)c1ccc(N(c2ccccc2)c2ccccc2-c2cccc(-c3cccc4ccccc34)c2)cc1. The van der Waals surface area contributed by atoms with Crippen molar-refractivity contribution in [1.29, 1.82) is 0 Å². The topological polar surface area (TPSA) is 3.24 Å². The number of hydrogen-bond donors (Lipinski definition) is 0. The summed E-state index contributed by atoms with van der Waals surface area (Å²) in [5.41, 5.74) is 14.7. The molecule has 1 nitrogen and oxygen atoms in total. The molecule has 0 aliphatic rings. The Morgan fingerprint density at radius 2 is 0.981 bits per heavy atom. The molecular weight excluding hydrogens is 651 g/mol. The minimum absolute atomic E-state index is 0.953. The number of allylic oxidation sites excluding steroid dienone is 5. The monoisotopic (exact) mass is 691 g/mol. The van der Waals surface area contributed by atoms with Crippen molar-refractivity contribution in [3.05, 3.63) is 242 Å². The molecule has 0 aliphatic carbocycles. The van der Waals surface area contributed by atoms with Gasteiger partial charge < -0.3 is 4.90 Å². The van der Waals surface area contributed by atoms with E-state index in [2.05, 4.69) is 237 Å². The van der Waals surface area contributed by atoms with Gasteiger partial charge in [-0.05, 0) is 110 Å². The Kier molecular flexibility index (Phi) is 9.95. The van der Waals surface area contributed by atoms with Crippen LogP contribution in [0.2, 0.25) is 0 Å². The predicted molar refractivity (Wildman–Crippen MR) is 233 cm³/mol. The Labute approximate surface area is 319 Å². The average Bonchev–Trinajstić information content (AvgIpc) is 3.25. The minimum Gasteiger partial charge on any atom is -0.310 e. The van der Waals surface area contributed by atoms with Crippen LogP contribution in [-0.2, 0) is 0 Å². The third-order valence-corrected chi connectivity index (χ3v) is 9.97. The van der Waals surface area contributed by atoms with Crippen molar-refractivity contribution in [2.75, 3.05) is 4.90 Å². The van der Waals surface area contributed by atoms with Crippen molar-refractivity contribution in [2.24, 2.45) is 0 Å². The molecule has 54 heavy (non-hydrogen) atoms. The van der Waals surface area contributed by atoms with Crippen LogP contribution in [0.3, 0.4) is 0 Å². The molecule has 1 heteroatoms. The highest BCUT2D eigenvalue weighted by atomic mass is 15.1. The first-order valence-corrected chi connectivity index (χ1v) is 18.5. The molecule has 8 rings (SSSR count). The summed E-state index contributed by atoms with van der Waals surface area (Å²) in [5, 5.41) is 2.50. The molecule has 0 aliphatic heterocycles. The summed E-state index contributed by atoms with van der Waals surface area (Å²) in [4.78, 5) is 2.35. The molecule has 0 spiro atoms. The van der Waals surface area contributed by atoms with Crippen molar-refractivity contribution in [1.82, 2.24) is 0 Å². The highest BCUT2D eigenvalue weighted by Gasteiger charge is 2.18. The highest BCUT2D eigenvalue weighted by Crippen LogP contribution is 2.42. The fraction of sp³-hybridized carbons (Fsp3) is 0.0189. The van der Waals surface area contributed by atoms with E-state index in [4.69, 9.17) is 0 Å². The lowest BCUT2D eigenvalue weighted by Gasteiger charge is -2.28. The molecule has 0 atom stereocenters. The number of rotatable bonds is 10. The van der Waals surface area contributed by atoms with E-state index in [0.717, 1.165) is 44.9 Å². The Hall–Kier alpha value is -6.96. The lowest BCUT2D eigenvalue weighted by atomic mass is 9.94. The summed E-state index contributed by atoms with van der Waals surface area (Å²) in [6.45, 7) is 6.71. The number of fused-ring (bicyclic) bond motifs is 1. The normalized spacial score (nSPS) is 11.7. The summed E-state index contributed by atoms with van der Waals surface area (Å²) in [6.07, 6.45) is 4.46. The third kappa shape index (κ3) is 7.35. The second-order valence-electron chi connectivity index (χ2n) is 13.5. The van der Waals surface area contributed by atoms with Gasteiger partial charge in [0.1, 0.15) is 0 Å². The number of anilines is 3. The van der Waals surface area contributed by atoms with Gasteiger partial charge in [0.15, 0.2) is 0 Å². The van der Waals surface area contributed by atoms with Crippen LogP contribution in [0.15, 0.2) is 225 Å². The summed E-state index contributed by atoms with van der Waals surface area (Å²) in [7, 11) is 0. The van der Waals surface area contributed by atoms with Gasteiger partial charge in [0.25, 0.3) is 0 Å². The number of benzene rings is 8. The predicted octanol–water partition coefficient (Wildman–Crippen LogP) is 14.8. The molecule has 0 saturated heterocycles. The van der Waals surface area contributed by atoms with Crippen LogP contribution in [-0.4, -0.2) is 0 Å². The molecule has 0 saturated carbocycles. The van der Waals surface area contributed by atoms with E-state index in [1.54, 1.807) is 0 Å². The van der Waals surface area contributed by atoms with Crippen LogP contribution in [0.1, 0.15) is 23.6 Å². The number of para-hydroxylation sites is 2. The van der Waals surface area contributed by atoms with Gasteiger partial charge >= 0.3 is 0 Å². The van der Waals surface area contributed by atoms with Crippen molar-refractivity contribution in [3.63, 3.8) is 0 Å². The molecule has 0 fully saturated rings. The second-order valence-corrected chi connectivity index (χ2v) is 13.5. The third-order valence-electron chi connectivity index (χ3n) is 9.97. The smallest absolute Gasteiger partial charge is 0.0540 e. The summed E-state index contributed by atoms with van der Waals surface area (Å²) < 4.78 is 0. The van der Waals surface area contributed by atoms with Crippen molar-refractivity contribution < 1.29 is 0 Å². The van der Waals surface area contributed by atoms with Crippen LogP contribution in [0.25, 0.3) is 49.7 Å². The van der Waals surface area contributed by atoms with Crippen LogP contribution >= 0.6 is 0 Å². The van der Waals surface area contributed by atoms with Gasteiger partial charge in [-0.3, -0.25) is 0 Å². The summed E-state index contributed by atoms with van der Waals surface area (Å²) >= 11 is 0. The zero-order chi connectivity index (χ0) is 36.7.